The molecule has 0 saturated carbocycles. The van der Waals surface area contributed by atoms with Gasteiger partial charge in [0.15, 0.2) is 5.13 Å². The van der Waals surface area contributed by atoms with Gasteiger partial charge in [0.2, 0.25) is 5.91 Å². The summed E-state index contributed by atoms with van der Waals surface area (Å²) in [5.41, 5.74) is 3.10. The molecule has 1 aliphatic rings. The van der Waals surface area contributed by atoms with Crippen molar-refractivity contribution in [3.63, 3.8) is 0 Å². The second kappa shape index (κ2) is 9.74. The molecular weight excluding hydrogens is 440 g/mol. The molecule has 1 amide bonds. The summed E-state index contributed by atoms with van der Waals surface area (Å²) in [5.74, 6) is 2.75. The van der Waals surface area contributed by atoms with Crippen LogP contribution in [0.1, 0.15) is 23.7 Å². The number of anilines is 2. The van der Waals surface area contributed by atoms with Crippen LogP contribution in [0.2, 0.25) is 5.02 Å². The Morgan fingerprint density at radius 3 is 2.56 bits per heavy atom. The van der Waals surface area contributed by atoms with Crippen LogP contribution in [0.25, 0.3) is 0 Å². The number of thiazole rings is 1. The first-order chi connectivity index (χ1) is 15.5. The number of aromatic nitrogens is 1. The van der Waals surface area contributed by atoms with E-state index in [-0.39, 0.29) is 5.91 Å². The summed E-state index contributed by atoms with van der Waals surface area (Å²) in [7, 11) is 0. The number of rotatable bonds is 6. The van der Waals surface area contributed by atoms with Crippen LogP contribution in [-0.4, -0.2) is 37.1 Å². The summed E-state index contributed by atoms with van der Waals surface area (Å²) in [6.45, 7) is 5.93. The maximum absolute atomic E-state index is 12.6. The lowest BCUT2D eigenvalue weighted by molar-refractivity contribution is -0.115. The molecule has 2 N–H and O–H groups in total. The van der Waals surface area contributed by atoms with Crippen LogP contribution in [-0.2, 0) is 16.6 Å². The summed E-state index contributed by atoms with van der Waals surface area (Å²) in [5, 5.41) is 9.35. The number of piperazine rings is 1. The van der Waals surface area contributed by atoms with Gasteiger partial charge in [-0.25, -0.2) is 4.98 Å². The van der Waals surface area contributed by atoms with Crippen molar-refractivity contribution in [2.24, 2.45) is 0 Å². The summed E-state index contributed by atoms with van der Waals surface area (Å²) in [6, 6.07) is 15.6. The molecule has 2 heterocycles. The molecule has 1 atom stereocenters. The summed E-state index contributed by atoms with van der Waals surface area (Å²) < 4.78 is 0. The Morgan fingerprint density at radius 2 is 1.91 bits per heavy atom. The van der Waals surface area contributed by atoms with Crippen molar-refractivity contribution in [2.75, 3.05) is 36.4 Å². The Morgan fingerprint density at radius 1 is 1.22 bits per heavy atom. The largest absolute Gasteiger partial charge is 0.369 e. The Hall–Kier alpha value is -2.85. The Labute approximate surface area is 197 Å². The van der Waals surface area contributed by atoms with Gasteiger partial charge in [0.25, 0.3) is 0 Å². The summed E-state index contributed by atoms with van der Waals surface area (Å²) >= 11 is 7.38. The first kappa shape index (κ1) is 22.3. The van der Waals surface area contributed by atoms with Gasteiger partial charge in [-0.05, 0) is 42.3 Å². The van der Waals surface area contributed by atoms with E-state index in [1.54, 1.807) is 0 Å². The second-order valence-electron chi connectivity index (χ2n) is 7.94. The highest BCUT2D eigenvalue weighted by Crippen LogP contribution is 2.34. The van der Waals surface area contributed by atoms with Crippen LogP contribution in [0.3, 0.4) is 0 Å². The topological polar surface area (TPSA) is 57.3 Å². The fraction of sp³-hybridized carbons (Fsp3) is 0.280. The molecule has 5 nitrogen and oxygen atoms in total. The minimum Gasteiger partial charge on any atom is -0.369 e. The number of hydrogen-bond acceptors (Lipinski definition) is 5. The lowest BCUT2D eigenvalue weighted by Crippen LogP contribution is -2.43. The standard InChI is InChI=1S/C25H25ClN4OS/c1-3-25(2,19-6-8-20(26)9-7-19)22-17-32-24(28-22)29-23(31)16-18-4-10-21(11-5-18)30-14-12-27-13-15-30/h1,4-11,17,27H,12-16H2,2H3,(H,28,29,31). The van der Waals surface area contributed by atoms with Crippen LogP contribution < -0.4 is 15.5 Å². The van der Waals surface area contributed by atoms with Crippen molar-refractivity contribution < 1.29 is 4.79 Å². The lowest BCUT2D eigenvalue weighted by atomic mass is 9.81. The normalized spacial score (nSPS) is 15.6. The molecule has 0 aliphatic carbocycles. The highest BCUT2D eigenvalue weighted by Gasteiger charge is 2.29. The molecule has 3 aromatic rings. The SMILES string of the molecule is C#CC(C)(c1ccc(Cl)cc1)c1csc(NC(=O)Cc2ccc(N3CCNCC3)cc2)n1. The fourth-order valence-corrected chi connectivity index (χ4v) is 4.71. The first-order valence-corrected chi connectivity index (χ1v) is 11.8. The van der Waals surface area contributed by atoms with Gasteiger partial charge in [-0.3, -0.25) is 4.79 Å². The van der Waals surface area contributed by atoms with Gasteiger partial charge in [0, 0.05) is 42.3 Å². The van der Waals surface area contributed by atoms with E-state index in [1.165, 1.54) is 17.0 Å². The smallest absolute Gasteiger partial charge is 0.230 e. The van der Waals surface area contributed by atoms with E-state index >= 15 is 0 Å². The van der Waals surface area contributed by atoms with Crippen molar-refractivity contribution in [1.82, 2.24) is 10.3 Å². The molecule has 0 radical (unpaired) electrons. The van der Waals surface area contributed by atoms with Crippen molar-refractivity contribution in [1.29, 1.82) is 0 Å². The van der Waals surface area contributed by atoms with Crippen molar-refractivity contribution in [2.45, 2.75) is 18.8 Å². The van der Waals surface area contributed by atoms with Gasteiger partial charge in [-0.15, -0.1) is 17.8 Å². The Balaban J connectivity index is 1.40. The average molecular weight is 465 g/mol. The maximum atomic E-state index is 12.6. The van der Waals surface area contributed by atoms with Crippen LogP contribution in [0.4, 0.5) is 10.8 Å². The monoisotopic (exact) mass is 464 g/mol. The Bertz CT molecular complexity index is 1110. The number of carbonyl (C=O) groups is 1. The molecule has 0 spiro atoms. The fourth-order valence-electron chi connectivity index (χ4n) is 3.75. The zero-order valence-corrected chi connectivity index (χ0v) is 19.5. The third kappa shape index (κ3) is 4.97. The van der Waals surface area contributed by atoms with Gasteiger partial charge in [-0.1, -0.05) is 41.8 Å². The Kier molecular flexibility index (Phi) is 6.80. The van der Waals surface area contributed by atoms with Gasteiger partial charge in [0.1, 0.15) is 0 Å². The quantitative estimate of drug-likeness (QED) is 0.533. The molecule has 1 fully saturated rings. The number of hydrogen-bond donors (Lipinski definition) is 2. The third-order valence-corrected chi connectivity index (χ3v) is 6.77. The number of terminal acetylenes is 1. The molecule has 2 aromatic carbocycles. The predicted octanol–water partition coefficient (Wildman–Crippen LogP) is 4.33. The number of carbonyl (C=O) groups excluding carboxylic acids is 1. The third-order valence-electron chi connectivity index (χ3n) is 5.76. The van der Waals surface area contributed by atoms with E-state index in [9.17, 15) is 4.79 Å². The maximum Gasteiger partial charge on any atom is 0.230 e. The van der Waals surface area contributed by atoms with E-state index in [0.29, 0.717) is 16.6 Å². The van der Waals surface area contributed by atoms with Crippen LogP contribution in [0.15, 0.2) is 53.9 Å². The van der Waals surface area contributed by atoms with Crippen LogP contribution >= 0.6 is 22.9 Å². The molecule has 1 aliphatic heterocycles. The number of benzene rings is 2. The molecular formula is C25H25ClN4OS. The molecule has 164 valence electrons. The van der Waals surface area contributed by atoms with E-state index < -0.39 is 5.41 Å². The van der Waals surface area contributed by atoms with E-state index in [2.05, 4.69) is 38.6 Å². The van der Waals surface area contributed by atoms with Gasteiger partial charge in [0.05, 0.1) is 17.5 Å². The minimum absolute atomic E-state index is 0.102. The molecule has 7 heteroatoms. The zero-order chi connectivity index (χ0) is 22.6. The van der Waals surface area contributed by atoms with Gasteiger partial charge >= 0.3 is 0 Å². The number of nitrogens with one attached hydrogen (secondary N) is 2. The molecule has 1 saturated heterocycles. The van der Waals surface area contributed by atoms with Crippen LogP contribution in [0, 0.1) is 12.3 Å². The molecule has 4 rings (SSSR count). The van der Waals surface area contributed by atoms with Crippen molar-refractivity contribution in [3.8, 4) is 12.3 Å². The highest BCUT2D eigenvalue weighted by molar-refractivity contribution is 7.14. The van der Waals surface area contributed by atoms with Gasteiger partial charge < -0.3 is 15.5 Å². The minimum atomic E-state index is -0.704. The lowest BCUT2D eigenvalue weighted by Gasteiger charge is -2.29. The van der Waals surface area contributed by atoms with Crippen molar-refractivity contribution >= 4 is 39.7 Å². The number of amides is 1. The number of halogens is 1. The second-order valence-corrected chi connectivity index (χ2v) is 9.24. The van der Waals surface area contributed by atoms with E-state index in [4.69, 9.17) is 18.0 Å². The molecule has 32 heavy (non-hydrogen) atoms. The molecule has 1 aromatic heterocycles. The van der Waals surface area contributed by atoms with E-state index in [0.717, 1.165) is 43.0 Å². The summed E-state index contributed by atoms with van der Waals surface area (Å²) in [4.78, 5) is 19.5. The van der Waals surface area contributed by atoms with E-state index in [1.807, 2.05) is 48.7 Å². The van der Waals surface area contributed by atoms with Gasteiger partial charge in [-0.2, -0.15) is 0 Å². The zero-order valence-electron chi connectivity index (χ0n) is 17.9. The molecule has 0 bridgehead atoms. The average Bonchev–Trinajstić information content (AvgIpc) is 3.29. The predicted molar refractivity (Wildman–Crippen MR) is 133 cm³/mol. The first-order valence-electron chi connectivity index (χ1n) is 10.5. The molecule has 1 unspecified atom stereocenters. The number of nitrogens with zero attached hydrogens (tertiary/aromatic N) is 2. The van der Waals surface area contributed by atoms with Crippen molar-refractivity contribution in [3.05, 3.63) is 75.8 Å². The summed E-state index contributed by atoms with van der Waals surface area (Å²) in [6.07, 6.45) is 6.17. The highest BCUT2D eigenvalue weighted by atomic mass is 35.5. The van der Waals surface area contributed by atoms with Crippen LogP contribution in [0.5, 0.6) is 0 Å².